The molecule has 2 aromatic rings. The number of hydrogen-bond acceptors (Lipinski definition) is 10. The molecule has 0 aromatic carbocycles. The van der Waals surface area contributed by atoms with E-state index in [0.29, 0.717) is 12.8 Å². The quantitative estimate of drug-likeness (QED) is 0.193. The first-order valence-electron chi connectivity index (χ1n) is 7.56. The fraction of sp³-hybridized carbons (Fsp3) is 0.333. The van der Waals surface area contributed by atoms with Crippen LogP contribution in [-0.4, -0.2) is 64.3 Å². The second-order valence-electron chi connectivity index (χ2n) is 5.08. The molecule has 2 atom stereocenters. The van der Waals surface area contributed by atoms with Crippen molar-refractivity contribution in [2.45, 2.75) is 24.9 Å². The molecule has 0 aliphatic heterocycles. The summed E-state index contributed by atoms with van der Waals surface area (Å²) in [5, 5.41) is 46.5. The molecule has 18 heteroatoms. The zero-order valence-corrected chi connectivity index (χ0v) is 15.2. The minimum atomic E-state index is -1.75. The van der Waals surface area contributed by atoms with Crippen LogP contribution in [0.3, 0.4) is 0 Å². The first kappa shape index (κ1) is 27.9. The van der Waals surface area contributed by atoms with Crippen LogP contribution in [0.15, 0.2) is 25.0 Å². The third kappa shape index (κ3) is 18.5. The van der Waals surface area contributed by atoms with Gasteiger partial charge in [0.2, 0.25) is 0 Å². The number of rotatable bonds is 6. The van der Waals surface area contributed by atoms with Crippen molar-refractivity contribution in [3.63, 3.8) is 0 Å². The second kappa shape index (κ2) is 15.7. The Morgan fingerprint density at radius 3 is 1.30 bits per heavy atom. The van der Waals surface area contributed by atoms with E-state index >= 15 is 0 Å². The number of hydrogen-bond donors (Lipinski definition) is 6. The van der Waals surface area contributed by atoms with Crippen LogP contribution in [0.5, 0.6) is 0 Å². The van der Waals surface area contributed by atoms with Gasteiger partial charge < -0.3 is 62.3 Å². The number of nitrogens with zero attached hydrogens (tertiary/aromatic N) is 4. The van der Waals surface area contributed by atoms with E-state index in [-0.39, 0.29) is 0 Å². The molecule has 0 fully saturated rings. The Balaban J connectivity index is 0. The number of carboxylic acid groups (broad SMARTS) is 2. The van der Waals surface area contributed by atoms with E-state index in [9.17, 15) is 9.59 Å². The van der Waals surface area contributed by atoms with Crippen LogP contribution in [0.2, 0.25) is 0 Å². The van der Waals surface area contributed by atoms with Crippen LogP contribution in [0.1, 0.15) is 11.4 Å². The SMILES string of the molecule is O=[N+]([O-])[O-].O=[N+]([O-])[O-].[NH3+][C@@H](Cc1cnc[nH]1)C(=O)O.[NH3+][C@@H](Cc1cnc[nH]1)C(=O)O. The van der Waals surface area contributed by atoms with Crippen LogP contribution >= 0.6 is 0 Å². The number of carbonyl (C=O) groups is 2. The number of carboxylic acids is 2. The highest BCUT2D eigenvalue weighted by molar-refractivity contribution is 5.72. The highest BCUT2D eigenvalue weighted by Crippen LogP contribution is 1.95. The van der Waals surface area contributed by atoms with Gasteiger partial charge in [-0.05, 0) is 0 Å². The third-order valence-corrected chi connectivity index (χ3v) is 2.74. The molecule has 18 nitrogen and oxygen atoms in total. The van der Waals surface area contributed by atoms with Crippen LogP contribution in [0.25, 0.3) is 0 Å². The Kier molecular flexibility index (Phi) is 14.6. The average molecular weight is 436 g/mol. The van der Waals surface area contributed by atoms with Gasteiger partial charge in [0.05, 0.1) is 35.7 Å². The van der Waals surface area contributed by atoms with Gasteiger partial charge in [-0.15, -0.1) is 0 Å². The van der Waals surface area contributed by atoms with E-state index in [1.165, 1.54) is 12.7 Å². The molecule has 0 aliphatic rings. The minimum absolute atomic E-state index is 0.398. The number of aliphatic carboxylic acids is 2. The molecule has 0 amide bonds. The van der Waals surface area contributed by atoms with E-state index in [4.69, 9.17) is 40.9 Å². The zero-order valence-electron chi connectivity index (χ0n) is 15.2. The average Bonchev–Trinajstić information content (AvgIpc) is 3.28. The fourth-order valence-corrected chi connectivity index (χ4v) is 1.50. The molecule has 10 N–H and O–H groups in total. The van der Waals surface area contributed by atoms with Crippen molar-refractivity contribution in [2.75, 3.05) is 0 Å². The summed E-state index contributed by atoms with van der Waals surface area (Å²) in [5.74, 6) is -1.78. The standard InChI is InChI=1S/2C6H9N3O2.2NO3/c2*7-5(6(10)11)1-4-2-8-3-9-4;2*2-1(3)4/h2*2-3,5H,1,7H2,(H,8,9)(H,10,11);;/q;;2*-1/p+2/t2*5-;;/m00../s1. The maximum atomic E-state index is 10.3. The van der Waals surface area contributed by atoms with Crippen molar-refractivity contribution in [1.29, 1.82) is 0 Å². The van der Waals surface area contributed by atoms with Gasteiger partial charge in [-0.1, -0.05) is 0 Å². The van der Waals surface area contributed by atoms with Gasteiger partial charge in [0, 0.05) is 23.8 Å². The molecule has 2 rings (SSSR count). The van der Waals surface area contributed by atoms with Gasteiger partial charge in [0.1, 0.15) is 0 Å². The smallest absolute Gasteiger partial charge is 0.362 e. The summed E-state index contributed by atoms with van der Waals surface area (Å²) in [4.78, 5) is 50.3. The monoisotopic (exact) mass is 436 g/mol. The number of nitrogens with one attached hydrogen (secondary N) is 2. The Morgan fingerprint density at radius 1 is 0.867 bits per heavy atom. The van der Waals surface area contributed by atoms with Gasteiger partial charge in [0.25, 0.3) is 0 Å². The molecule has 2 aromatic heterocycles. The van der Waals surface area contributed by atoms with Gasteiger partial charge in [-0.25, -0.2) is 19.6 Å². The predicted octanol–water partition coefficient (Wildman–Crippen LogP) is -3.18. The summed E-state index contributed by atoms with van der Waals surface area (Å²) in [6.07, 6.45) is 7.03. The van der Waals surface area contributed by atoms with Gasteiger partial charge in [-0.2, -0.15) is 0 Å². The molecule has 30 heavy (non-hydrogen) atoms. The van der Waals surface area contributed by atoms with Gasteiger partial charge >= 0.3 is 11.9 Å². The molecular formula is C12H20N8O10. The third-order valence-electron chi connectivity index (χ3n) is 2.74. The fourth-order valence-electron chi connectivity index (χ4n) is 1.50. The Bertz CT molecular complexity index is 679. The van der Waals surface area contributed by atoms with E-state index < -0.39 is 34.2 Å². The number of H-pyrrole nitrogens is 2. The van der Waals surface area contributed by atoms with Crippen molar-refractivity contribution in [1.82, 2.24) is 19.9 Å². The van der Waals surface area contributed by atoms with E-state index in [1.54, 1.807) is 12.4 Å². The highest BCUT2D eigenvalue weighted by Gasteiger charge is 2.16. The maximum absolute atomic E-state index is 10.3. The summed E-state index contributed by atoms with van der Waals surface area (Å²) in [6, 6.07) is -1.20. The predicted molar refractivity (Wildman–Crippen MR) is 93.9 cm³/mol. The second-order valence-corrected chi connectivity index (χ2v) is 5.08. The number of quaternary nitrogens is 2. The van der Waals surface area contributed by atoms with Crippen LogP contribution in [0.4, 0.5) is 0 Å². The molecular weight excluding hydrogens is 416 g/mol. The summed E-state index contributed by atoms with van der Waals surface area (Å²) in [7, 11) is 0. The first-order chi connectivity index (χ1) is 13.9. The number of aromatic nitrogens is 4. The summed E-state index contributed by atoms with van der Waals surface area (Å²) >= 11 is 0. The molecule has 0 unspecified atom stereocenters. The number of imidazole rings is 2. The molecule has 0 saturated carbocycles. The topological polar surface area (TPSA) is 320 Å². The Morgan fingerprint density at radius 2 is 1.13 bits per heavy atom. The normalized spacial score (nSPS) is 11.0. The van der Waals surface area contributed by atoms with Gasteiger partial charge in [-0.3, -0.25) is 0 Å². The lowest BCUT2D eigenvalue weighted by atomic mass is 10.2. The van der Waals surface area contributed by atoms with Crippen molar-refractivity contribution in [2.24, 2.45) is 0 Å². The summed E-state index contributed by atoms with van der Waals surface area (Å²) < 4.78 is 0. The highest BCUT2D eigenvalue weighted by atomic mass is 16.9. The maximum Gasteiger partial charge on any atom is 0.362 e. The largest absolute Gasteiger partial charge is 0.477 e. The minimum Gasteiger partial charge on any atom is -0.477 e. The Hall–Kier alpha value is -4.32. The van der Waals surface area contributed by atoms with Crippen molar-refractivity contribution in [3.8, 4) is 0 Å². The summed E-state index contributed by atoms with van der Waals surface area (Å²) in [5.41, 5.74) is 8.53. The first-order valence-corrected chi connectivity index (χ1v) is 7.56. The Labute approximate surface area is 166 Å². The van der Waals surface area contributed by atoms with E-state index in [1.807, 2.05) is 0 Å². The van der Waals surface area contributed by atoms with E-state index in [2.05, 4.69) is 31.4 Å². The van der Waals surface area contributed by atoms with Crippen molar-refractivity contribution in [3.05, 3.63) is 67.1 Å². The number of aromatic amines is 2. The summed E-state index contributed by atoms with van der Waals surface area (Å²) in [6.45, 7) is 0. The van der Waals surface area contributed by atoms with Crippen LogP contribution in [0, 0.1) is 30.6 Å². The van der Waals surface area contributed by atoms with E-state index in [0.717, 1.165) is 11.4 Å². The van der Waals surface area contributed by atoms with Gasteiger partial charge in [0.15, 0.2) is 12.1 Å². The lowest BCUT2D eigenvalue weighted by Crippen LogP contribution is -2.66. The molecule has 168 valence electrons. The molecule has 0 bridgehead atoms. The molecule has 0 aliphatic carbocycles. The van der Waals surface area contributed by atoms with Crippen molar-refractivity contribution >= 4 is 11.9 Å². The zero-order chi connectivity index (χ0) is 23.7. The lowest BCUT2D eigenvalue weighted by molar-refractivity contribution is -0.407. The molecule has 0 saturated heterocycles. The lowest BCUT2D eigenvalue weighted by Gasteiger charge is -1.98. The molecule has 0 radical (unpaired) electrons. The molecule has 0 spiro atoms. The van der Waals surface area contributed by atoms with Crippen molar-refractivity contribution < 1.29 is 41.4 Å². The van der Waals surface area contributed by atoms with Crippen LogP contribution in [-0.2, 0) is 22.4 Å². The van der Waals surface area contributed by atoms with Crippen LogP contribution < -0.4 is 11.5 Å². The molecule has 2 heterocycles.